The molecule has 1 N–H and O–H groups in total. The van der Waals surface area contributed by atoms with E-state index >= 15 is 0 Å². The molecule has 142 valence electrons. The first-order chi connectivity index (χ1) is 13.1. The van der Waals surface area contributed by atoms with Gasteiger partial charge in [-0.3, -0.25) is 9.59 Å². The number of thiazole rings is 1. The van der Waals surface area contributed by atoms with Crippen molar-refractivity contribution in [3.63, 3.8) is 0 Å². The van der Waals surface area contributed by atoms with Crippen molar-refractivity contribution in [2.45, 2.75) is 51.1 Å². The lowest BCUT2D eigenvalue weighted by Gasteiger charge is -2.31. The van der Waals surface area contributed by atoms with Crippen molar-refractivity contribution in [3.8, 4) is 0 Å². The summed E-state index contributed by atoms with van der Waals surface area (Å²) in [5.74, 6) is -0.737. The molecule has 1 aliphatic heterocycles. The Morgan fingerprint density at radius 2 is 2.15 bits per heavy atom. The predicted molar refractivity (Wildman–Crippen MR) is 102 cm³/mol. The number of hydrogen-bond acceptors (Lipinski definition) is 4. The lowest BCUT2D eigenvalue weighted by molar-refractivity contribution is -0.121. The Kier molecular flexibility index (Phi) is 5.20. The standard InChI is InChI=1S/C20H22FN3O2S/c21-15-8-4-7-14-12-24(19(26)17(14)15)16(11-13-5-2-1-3-6-13)18(25)23-20-22-9-10-27-20/h4,7-10,13,16H,1-3,5-6,11-12H2,(H,22,23,25)/t16-/m0/s1. The number of benzene rings is 1. The highest BCUT2D eigenvalue weighted by Gasteiger charge is 2.39. The number of rotatable bonds is 5. The molecule has 27 heavy (non-hydrogen) atoms. The van der Waals surface area contributed by atoms with E-state index in [1.165, 1.54) is 28.7 Å². The normalized spacial score (nSPS) is 18.4. The molecule has 4 rings (SSSR count). The highest BCUT2D eigenvalue weighted by molar-refractivity contribution is 7.13. The number of amides is 2. The van der Waals surface area contributed by atoms with Crippen LogP contribution in [0.5, 0.6) is 0 Å². The van der Waals surface area contributed by atoms with E-state index in [9.17, 15) is 14.0 Å². The first-order valence-electron chi connectivity index (χ1n) is 9.42. The third kappa shape index (κ3) is 3.74. The molecule has 1 fully saturated rings. The molecule has 0 bridgehead atoms. The van der Waals surface area contributed by atoms with Gasteiger partial charge in [0.1, 0.15) is 11.9 Å². The van der Waals surface area contributed by atoms with Crippen LogP contribution < -0.4 is 5.32 Å². The van der Waals surface area contributed by atoms with Crippen LogP contribution in [-0.2, 0) is 11.3 Å². The SMILES string of the molecule is O=C(Nc1nccs1)[C@H](CC1CCCCC1)N1Cc2cccc(F)c2C1=O. The molecule has 2 heterocycles. The topological polar surface area (TPSA) is 62.3 Å². The van der Waals surface area contributed by atoms with Crippen LogP contribution in [0.15, 0.2) is 29.8 Å². The van der Waals surface area contributed by atoms with Crippen molar-refractivity contribution in [1.29, 1.82) is 0 Å². The summed E-state index contributed by atoms with van der Waals surface area (Å²) in [6.45, 7) is 0.272. The van der Waals surface area contributed by atoms with Gasteiger partial charge in [0.05, 0.1) is 5.56 Å². The fourth-order valence-corrected chi connectivity index (χ4v) is 4.71. The quantitative estimate of drug-likeness (QED) is 0.836. The summed E-state index contributed by atoms with van der Waals surface area (Å²) in [6, 6.07) is 4.05. The Balaban J connectivity index is 1.58. The van der Waals surface area contributed by atoms with Gasteiger partial charge in [0, 0.05) is 18.1 Å². The van der Waals surface area contributed by atoms with Crippen molar-refractivity contribution in [2.75, 3.05) is 5.32 Å². The number of fused-ring (bicyclic) bond motifs is 1. The van der Waals surface area contributed by atoms with Crippen LogP contribution in [0.3, 0.4) is 0 Å². The number of halogens is 1. The summed E-state index contributed by atoms with van der Waals surface area (Å²) in [5.41, 5.74) is 0.754. The van der Waals surface area contributed by atoms with Crippen molar-refractivity contribution < 1.29 is 14.0 Å². The van der Waals surface area contributed by atoms with Gasteiger partial charge in [-0.15, -0.1) is 11.3 Å². The third-order valence-electron chi connectivity index (χ3n) is 5.54. The maximum absolute atomic E-state index is 14.2. The molecule has 5 nitrogen and oxygen atoms in total. The molecule has 0 saturated heterocycles. The molecular formula is C20H22FN3O2S. The Labute approximate surface area is 161 Å². The van der Waals surface area contributed by atoms with E-state index in [1.807, 2.05) is 0 Å². The molecule has 1 aliphatic carbocycles. The molecule has 0 radical (unpaired) electrons. The first-order valence-corrected chi connectivity index (χ1v) is 10.3. The van der Waals surface area contributed by atoms with Gasteiger partial charge in [0.15, 0.2) is 5.13 Å². The minimum atomic E-state index is -0.615. The van der Waals surface area contributed by atoms with Gasteiger partial charge in [-0.05, 0) is 24.0 Å². The van der Waals surface area contributed by atoms with Crippen molar-refractivity contribution in [3.05, 3.63) is 46.7 Å². The zero-order valence-electron chi connectivity index (χ0n) is 15.0. The fraction of sp³-hybridized carbons (Fsp3) is 0.450. The monoisotopic (exact) mass is 387 g/mol. The van der Waals surface area contributed by atoms with Crippen molar-refractivity contribution in [2.24, 2.45) is 5.92 Å². The molecule has 7 heteroatoms. The van der Waals surface area contributed by atoms with Gasteiger partial charge in [-0.2, -0.15) is 0 Å². The zero-order chi connectivity index (χ0) is 18.8. The lowest BCUT2D eigenvalue weighted by Crippen LogP contribution is -2.45. The largest absolute Gasteiger partial charge is 0.322 e. The fourth-order valence-electron chi connectivity index (χ4n) is 4.18. The summed E-state index contributed by atoms with van der Waals surface area (Å²) in [6.07, 6.45) is 7.93. The summed E-state index contributed by atoms with van der Waals surface area (Å²) in [4.78, 5) is 31.6. The predicted octanol–water partition coefficient (Wildman–Crippen LogP) is 4.22. The summed E-state index contributed by atoms with van der Waals surface area (Å²) in [7, 11) is 0. The molecular weight excluding hydrogens is 365 g/mol. The van der Waals surface area contributed by atoms with Crippen LogP contribution in [0, 0.1) is 11.7 Å². The molecule has 1 saturated carbocycles. The smallest absolute Gasteiger partial charge is 0.258 e. The molecule has 0 unspecified atom stereocenters. The number of carbonyl (C=O) groups excluding carboxylic acids is 2. The Morgan fingerprint density at radius 1 is 1.33 bits per heavy atom. The maximum atomic E-state index is 14.2. The maximum Gasteiger partial charge on any atom is 0.258 e. The van der Waals surface area contributed by atoms with Crippen molar-refractivity contribution >= 4 is 28.3 Å². The molecule has 1 atom stereocenters. The molecule has 2 aliphatic rings. The van der Waals surface area contributed by atoms with Crippen LogP contribution in [0.4, 0.5) is 9.52 Å². The second-order valence-electron chi connectivity index (χ2n) is 7.29. The van der Waals surface area contributed by atoms with Crippen molar-refractivity contribution in [1.82, 2.24) is 9.88 Å². The van der Waals surface area contributed by atoms with Gasteiger partial charge in [-0.25, -0.2) is 9.37 Å². The highest BCUT2D eigenvalue weighted by Crippen LogP contribution is 2.33. The van der Waals surface area contributed by atoms with E-state index in [0.717, 1.165) is 25.7 Å². The van der Waals surface area contributed by atoms with Crippen LogP contribution in [-0.4, -0.2) is 27.7 Å². The third-order valence-corrected chi connectivity index (χ3v) is 6.23. The Hall–Kier alpha value is -2.28. The van der Waals surface area contributed by atoms with E-state index in [1.54, 1.807) is 23.7 Å². The molecule has 2 aromatic rings. The van der Waals surface area contributed by atoms with Crippen LogP contribution >= 0.6 is 11.3 Å². The number of aromatic nitrogens is 1. The number of nitrogens with zero attached hydrogens (tertiary/aromatic N) is 2. The van der Waals surface area contributed by atoms with E-state index in [2.05, 4.69) is 10.3 Å². The van der Waals surface area contributed by atoms with Gasteiger partial charge in [-0.1, -0.05) is 44.2 Å². The molecule has 2 amide bonds. The Morgan fingerprint density at radius 3 is 2.85 bits per heavy atom. The van der Waals surface area contributed by atoms with E-state index in [0.29, 0.717) is 23.0 Å². The number of anilines is 1. The molecule has 0 spiro atoms. The first kappa shape index (κ1) is 18.1. The van der Waals surface area contributed by atoms with E-state index in [4.69, 9.17) is 0 Å². The average molecular weight is 387 g/mol. The van der Waals surface area contributed by atoms with Crippen LogP contribution in [0.1, 0.15) is 54.4 Å². The average Bonchev–Trinajstić information content (AvgIpc) is 3.29. The van der Waals surface area contributed by atoms with Gasteiger partial charge >= 0.3 is 0 Å². The van der Waals surface area contributed by atoms with Gasteiger partial charge < -0.3 is 10.2 Å². The summed E-state index contributed by atoms with van der Waals surface area (Å²) in [5, 5.41) is 5.14. The highest BCUT2D eigenvalue weighted by atomic mass is 32.1. The molecule has 1 aromatic carbocycles. The lowest BCUT2D eigenvalue weighted by atomic mass is 9.84. The minimum absolute atomic E-state index is 0.105. The van der Waals surface area contributed by atoms with Crippen LogP contribution in [0.2, 0.25) is 0 Å². The van der Waals surface area contributed by atoms with Gasteiger partial charge in [0.25, 0.3) is 5.91 Å². The van der Waals surface area contributed by atoms with Gasteiger partial charge in [0.2, 0.25) is 5.91 Å². The second kappa shape index (κ2) is 7.76. The van der Waals surface area contributed by atoms with E-state index in [-0.39, 0.29) is 18.0 Å². The summed E-state index contributed by atoms with van der Waals surface area (Å²) >= 11 is 1.34. The number of nitrogens with one attached hydrogen (secondary N) is 1. The Bertz CT molecular complexity index is 834. The second-order valence-corrected chi connectivity index (χ2v) is 8.18. The minimum Gasteiger partial charge on any atom is -0.322 e. The summed E-state index contributed by atoms with van der Waals surface area (Å²) < 4.78 is 14.2. The zero-order valence-corrected chi connectivity index (χ0v) is 15.8. The molecule has 1 aromatic heterocycles. The van der Waals surface area contributed by atoms with Crippen LogP contribution in [0.25, 0.3) is 0 Å². The van der Waals surface area contributed by atoms with E-state index < -0.39 is 17.8 Å². The number of carbonyl (C=O) groups is 2. The number of hydrogen-bond donors (Lipinski definition) is 1.